The monoisotopic (exact) mass is 493 g/mol. The Morgan fingerprint density at radius 1 is 1.03 bits per heavy atom. The molecule has 1 saturated heterocycles. The second-order valence-corrected chi connectivity index (χ2v) is 10.2. The van der Waals surface area contributed by atoms with Crippen molar-refractivity contribution in [2.45, 2.75) is 65.1 Å². The molecule has 1 saturated carbocycles. The van der Waals surface area contributed by atoms with Gasteiger partial charge in [0, 0.05) is 32.1 Å². The van der Waals surface area contributed by atoms with Crippen molar-refractivity contribution in [2.75, 3.05) is 19.6 Å². The maximum Gasteiger partial charge on any atom is 0.332 e. The number of piperidine rings is 1. The number of likely N-dealkylation sites (tertiary alicyclic amines) is 1. The zero-order chi connectivity index (χ0) is 25.2. The molecule has 9 nitrogen and oxygen atoms in total. The van der Waals surface area contributed by atoms with E-state index < -0.39 is 0 Å². The molecule has 2 bridgehead atoms. The summed E-state index contributed by atoms with van der Waals surface area (Å²) < 4.78 is 8.47. The maximum absolute atomic E-state index is 13.1. The minimum Gasteiger partial charge on any atom is -0.460 e. The average molecular weight is 494 g/mol. The first kappa shape index (κ1) is 24.5. The number of hydrogen-bond donors (Lipinski definition) is 1. The van der Waals surface area contributed by atoms with Gasteiger partial charge in [-0.05, 0) is 43.1 Å². The number of fused-ring (bicyclic) bond motifs is 3. The van der Waals surface area contributed by atoms with Gasteiger partial charge in [-0.1, -0.05) is 44.2 Å². The molecule has 1 aliphatic carbocycles. The Labute approximate surface area is 210 Å². The zero-order valence-electron chi connectivity index (χ0n) is 21.1. The topological polar surface area (TPSA) is 102 Å². The fourth-order valence-corrected chi connectivity index (χ4v) is 6.05. The van der Waals surface area contributed by atoms with E-state index in [9.17, 15) is 14.4 Å². The number of hydrogen-bond acceptors (Lipinski definition) is 6. The number of carbonyl (C=O) groups excluding carboxylic acids is 1. The maximum atomic E-state index is 13.1. The smallest absolute Gasteiger partial charge is 0.332 e. The fourth-order valence-electron chi connectivity index (χ4n) is 6.05. The molecule has 0 radical (unpaired) electrons. The van der Waals surface area contributed by atoms with E-state index in [4.69, 9.17) is 9.72 Å². The Morgan fingerprint density at radius 3 is 2.36 bits per heavy atom. The Morgan fingerprint density at radius 2 is 1.69 bits per heavy atom. The summed E-state index contributed by atoms with van der Waals surface area (Å²) in [5.74, 6) is 1.48. The lowest BCUT2D eigenvalue weighted by molar-refractivity contribution is -0.146. The number of nitrogens with zero attached hydrogens (tertiary/aromatic N) is 4. The van der Waals surface area contributed by atoms with Crippen LogP contribution in [-0.4, -0.2) is 49.6 Å². The second kappa shape index (κ2) is 10.4. The van der Waals surface area contributed by atoms with E-state index in [0.717, 1.165) is 43.7 Å². The predicted molar refractivity (Wildman–Crippen MR) is 137 cm³/mol. The number of aromatic nitrogens is 4. The van der Waals surface area contributed by atoms with Crippen molar-refractivity contribution in [2.24, 2.45) is 11.8 Å². The summed E-state index contributed by atoms with van der Waals surface area (Å²) in [6.07, 6.45) is 3.61. The van der Waals surface area contributed by atoms with Crippen molar-refractivity contribution in [3.05, 3.63) is 62.6 Å². The van der Waals surface area contributed by atoms with Crippen molar-refractivity contribution < 1.29 is 9.53 Å². The normalized spacial score (nSPS) is 21.8. The molecule has 3 heterocycles. The van der Waals surface area contributed by atoms with Gasteiger partial charge >= 0.3 is 11.7 Å². The minimum absolute atomic E-state index is 0.193. The van der Waals surface area contributed by atoms with Crippen LogP contribution >= 0.6 is 0 Å². The number of H-pyrrole nitrogens is 1. The van der Waals surface area contributed by atoms with E-state index in [1.54, 1.807) is 4.57 Å². The number of nitrogens with one attached hydrogen (secondary N) is 1. The van der Waals surface area contributed by atoms with Crippen LogP contribution in [0.3, 0.4) is 0 Å². The highest BCUT2D eigenvalue weighted by atomic mass is 16.5. The van der Waals surface area contributed by atoms with E-state index >= 15 is 0 Å². The first-order chi connectivity index (χ1) is 17.5. The lowest BCUT2D eigenvalue weighted by Crippen LogP contribution is -2.43. The molecule has 1 aliphatic heterocycles. The number of ether oxygens (including phenoxy) is 1. The van der Waals surface area contributed by atoms with Crippen molar-refractivity contribution in [3.8, 4) is 0 Å². The van der Waals surface area contributed by atoms with E-state index in [0.29, 0.717) is 42.5 Å². The van der Waals surface area contributed by atoms with Crippen LogP contribution < -0.4 is 11.2 Å². The van der Waals surface area contributed by atoms with Crippen LogP contribution in [0.25, 0.3) is 11.2 Å². The van der Waals surface area contributed by atoms with Gasteiger partial charge in [0.15, 0.2) is 5.65 Å². The van der Waals surface area contributed by atoms with E-state index in [-0.39, 0.29) is 36.3 Å². The van der Waals surface area contributed by atoms with Gasteiger partial charge in [0.1, 0.15) is 17.9 Å². The molecule has 5 rings (SSSR count). The highest BCUT2D eigenvalue weighted by Crippen LogP contribution is 2.47. The molecule has 2 unspecified atom stereocenters. The Bertz CT molecular complexity index is 1330. The van der Waals surface area contributed by atoms with Crippen LogP contribution in [0, 0.1) is 11.8 Å². The van der Waals surface area contributed by atoms with Gasteiger partial charge in [-0.3, -0.25) is 23.6 Å². The zero-order valence-corrected chi connectivity index (χ0v) is 21.1. The molecule has 3 aromatic rings. The first-order valence-electron chi connectivity index (χ1n) is 13.1. The Hall–Kier alpha value is -3.20. The largest absolute Gasteiger partial charge is 0.460 e. The molecule has 1 N–H and O–H groups in total. The van der Waals surface area contributed by atoms with Crippen LogP contribution in [-0.2, 0) is 29.2 Å². The molecule has 9 heteroatoms. The highest BCUT2D eigenvalue weighted by molar-refractivity contribution is 5.72. The van der Waals surface area contributed by atoms with Gasteiger partial charge in [0.2, 0.25) is 0 Å². The number of benzene rings is 1. The summed E-state index contributed by atoms with van der Waals surface area (Å²) in [6.45, 7) is 7.06. The molecule has 2 fully saturated rings. The second-order valence-electron chi connectivity index (χ2n) is 10.2. The fraction of sp³-hybridized carbons (Fsp3) is 0.556. The summed E-state index contributed by atoms with van der Waals surface area (Å²) in [5, 5.41) is 0. The standard InChI is InChI=1S/C27H35N5O4/c1-3-12-31-25-23(26(34)32(13-4-2)27(31)35)28-24(29-25)22-19-10-11-20(22)15-30(14-19)16-21(33)36-17-18-8-6-5-7-9-18/h5-9,19-20,22H,3-4,10-17H2,1-2H3,(H,28,29). The van der Waals surface area contributed by atoms with E-state index in [1.807, 2.05) is 44.2 Å². The molecule has 2 aromatic heterocycles. The van der Waals surface area contributed by atoms with Crippen molar-refractivity contribution >= 4 is 17.1 Å². The predicted octanol–water partition coefficient (Wildman–Crippen LogP) is 2.88. The van der Waals surface area contributed by atoms with Gasteiger partial charge in [-0.2, -0.15) is 0 Å². The third kappa shape index (κ3) is 4.64. The third-order valence-electron chi connectivity index (χ3n) is 7.59. The van der Waals surface area contributed by atoms with Crippen molar-refractivity contribution in [3.63, 3.8) is 0 Å². The van der Waals surface area contributed by atoms with Crippen LogP contribution in [0.4, 0.5) is 0 Å². The molecule has 192 valence electrons. The molecular formula is C27H35N5O4. The first-order valence-corrected chi connectivity index (χ1v) is 13.1. The molecule has 2 atom stereocenters. The van der Waals surface area contributed by atoms with Gasteiger partial charge in [-0.15, -0.1) is 0 Å². The number of rotatable bonds is 9. The number of imidazole rings is 1. The summed E-state index contributed by atoms with van der Waals surface area (Å²) in [6, 6.07) is 9.71. The van der Waals surface area contributed by atoms with Crippen LogP contribution in [0.15, 0.2) is 39.9 Å². The Balaban J connectivity index is 1.33. The average Bonchev–Trinajstić information content (AvgIpc) is 3.42. The third-order valence-corrected chi connectivity index (χ3v) is 7.59. The van der Waals surface area contributed by atoms with Gasteiger partial charge in [-0.25, -0.2) is 9.78 Å². The van der Waals surface area contributed by atoms with E-state index in [2.05, 4.69) is 9.88 Å². The van der Waals surface area contributed by atoms with Gasteiger partial charge in [0.25, 0.3) is 5.56 Å². The SMILES string of the molecule is CCCn1c(=O)c2[nH]c(C3C4CCC3CN(CC(=O)OCc3ccccc3)C4)nc2n(CCC)c1=O. The van der Waals surface area contributed by atoms with Crippen LogP contribution in [0.2, 0.25) is 0 Å². The van der Waals surface area contributed by atoms with Crippen molar-refractivity contribution in [1.29, 1.82) is 0 Å². The summed E-state index contributed by atoms with van der Waals surface area (Å²) in [7, 11) is 0. The molecular weight excluding hydrogens is 458 g/mol. The molecule has 36 heavy (non-hydrogen) atoms. The number of aromatic amines is 1. The number of esters is 1. The van der Waals surface area contributed by atoms with Gasteiger partial charge in [0.05, 0.1) is 6.54 Å². The highest BCUT2D eigenvalue weighted by Gasteiger charge is 2.44. The van der Waals surface area contributed by atoms with E-state index in [1.165, 1.54) is 4.57 Å². The van der Waals surface area contributed by atoms with Gasteiger partial charge < -0.3 is 9.72 Å². The number of aryl methyl sites for hydroxylation is 1. The lowest BCUT2D eigenvalue weighted by atomic mass is 9.84. The van der Waals surface area contributed by atoms with Crippen LogP contribution in [0.1, 0.15) is 56.8 Å². The molecule has 2 aliphatic rings. The minimum atomic E-state index is -0.283. The molecule has 1 aromatic carbocycles. The lowest BCUT2D eigenvalue weighted by Gasteiger charge is -2.36. The molecule has 0 amide bonds. The van der Waals surface area contributed by atoms with Crippen LogP contribution in [0.5, 0.6) is 0 Å². The molecule has 0 spiro atoms. The number of carbonyl (C=O) groups is 1. The summed E-state index contributed by atoms with van der Waals surface area (Å²) in [5.41, 5.74) is 1.32. The Kier molecular flexibility index (Phi) is 7.09. The van der Waals surface area contributed by atoms with Crippen molar-refractivity contribution in [1.82, 2.24) is 24.0 Å². The summed E-state index contributed by atoms with van der Waals surface area (Å²) >= 11 is 0. The quantitative estimate of drug-likeness (QED) is 0.460. The summed E-state index contributed by atoms with van der Waals surface area (Å²) in [4.78, 5) is 49.0.